The molecule has 1 atom stereocenters. The number of aryl methyl sites for hydroxylation is 1. The van der Waals surface area contributed by atoms with Gasteiger partial charge in [0.2, 0.25) is 5.78 Å². The maximum Gasteiger partial charge on any atom is 0.328 e. The molecule has 1 aromatic heterocycles. The molecule has 0 spiro atoms. The first-order valence-electron chi connectivity index (χ1n) is 11.0. The normalized spacial score (nSPS) is 11.2. The third-order valence-electron chi connectivity index (χ3n) is 5.20. The quantitative estimate of drug-likeness (QED) is 0.367. The molecule has 1 amide bonds. The van der Waals surface area contributed by atoms with Crippen LogP contribution >= 0.6 is 11.8 Å². The molecule has 0 fully saturated rings. The minimum atomic E-state index is -0.743. The van der Waals surface area contributed by atoms with Gasteiger partial charge in [-0.1, -0.05) is 36.3 Å². The molecule has 0 saturated heterocycles. The van der Waals surface area contributed by atoms with Crippen molar-refractivity contribution in [1.29, 1.82) is 0 Å². The molecule has 7 nitrogen and oxygen atoms in total. The molecule has 0 aliphatic heterocycles. The van der Waals surface area contributed by atoms with E-state index in [1.807, 2.05) is 43.6 Å². The largest absolute Gasteiger partial charge is 0.467 e. The summed E-state index contributed by atoms with van der Waals surface area (Å²) in [6.07, 6.45) is 5.94. The summed E-state index contributed by atoms with van der Waals surface area (Å²) in [5.41, 5.74) is 3.13. The molecule has 0 radical (unpaired) electrons. The number of Topliss-reactive ketones (excluding diaryl/α,β-unsaturated/α-hetero) is 1. The van der Waals surface area contributed by atoms with E-state index >= 15 is 0 Å². The van der Waals surface area contributed by atoms with Crippen molar-refractivity contribution < 1.29 is 19.1 Å². The topological polar surface area (TPSA) is 90.3 Å². The predicted octanol–water partition coefficient (Wildman–Crippen LogP) is 3.27. The number of imidazole rings is 1. The van der Waals surface area contributed by atoms with Crippen LogP contribution in [0.1, 0.15) is 28.0 Å². The number of hydrogen-bond acceptors (Lipinski definition) is 6. The fourth-order valence-corrected chi connectivity index (χ4v) is 3.92. The van der Waals surface area contributed by atoms with E-state index in [9.17, 15) is 14.4 Å². The monoisotopic (exact) mass is 489 g/mol. The molecule has 3 rings (SSSR count). The number of esters is 1. The molecule has 0 saturated carbocycles. The fraction of sp³-hybridized carbons (Fsp3) is 0.259. The molecule has 1 N–H and O–H groups in total. The lowest BCUT2D eigenvalue weighted by atomic mass is 9.96. The smallest absolute Gasteiger partial charge is 0.328 e. The van der Waals surface area contributed by atoms with Gasteiger partial charge in [-0.05, 0) is 53.7 Å². The molecule has 2 aromatic carbocycles. The Morgan fingerprint density at radius 2 is 1.94 bits per heavy atom. The van der Waals surface area contributed by atoms with E-state index in [4.69, 9.17) is 4.74 Å². The standard InChI is InChI=1S/C27H27N3O4S/c1-30-17-21(28-18-30)16-22(31)11-9-19-10-12-23(24(15-19)20-7-5-4-6-8-20)26(32)29-25(13-14-35-3)27(33)34-2/h4-8,10,12,15,17-18,25H,13-14,16H2,1-3H3,(H,29,32). The van der Waals surface area contributed by atoms with Gasteiger partial charge in [-0.15, -0.1) is 0 Å². The first-order valence-corrected chi connectivity index (χ1v) is 12.4. The maximum atomic E-state index is 13.2. The summed E-state index contributed by atoms with van der Waals surface area (Å²) in [5, 5.41) is 2.80. The van der Waals surface area contributed by atoms with E-state index in [0.29, 0.717) is 34.6 Å². The fourth-order valence-electron chi connectivity index (χ4n) is 3.45. The highest BCUT2D eigenvalue weighted by molar-refractivity contribution is 7.98. The summed E-state index contributed by atoms with van der Waals surface area (Å²) < 4.78 is 6.64. The third kappa shape index (κ3) is 7.33. The van der Waals surface area contributed by atoms with E-state index in [2.05, 4.69) is 22.1 Å². The Bertz CT molecular complexity index is 1260. The molecule has 0 bridgehead atoms. The van der Waals surface area contributed by atoms with Crippen molar-refractivity contribution in [2.75, 3.05) is 19.1 Å². The number of thioether (sulfide) groups is 1. The van der Waals surface area contributed by atoms with Crippen LogP contribution < -0.4 is 5.32 Å². The molecular formula is C27H27N3O4S. The van der Waals surface area contributed by atoms with Crippen LogP contribution in [0.3, 0.4) is 0 Å². The number of aromatic nitrogens is 2. The summed E-state index contributed by atoms with van der Waals surface area (Å²) >= 11 is 1.59. The molecule has 1 unspecified atom stereocenters. The SMILES string of the molecule is COC(=O)C(CCSC)NC(=O)c1ccc(C#CC(=O)Cc2cn(C)cn2)cc1-c1ccccc1. The van der Waals surface area contributed by atoms with Gasteiger partial charge in [0.1, 0.15) is 6.04 Å². The summed E-state index contributed by atoms with van der Waals surface area (Å²) in [6.45, 7) is 0. The zero-order valence-corrected chi connectivity index (χ0v) is 20.7. The van der Waals surface area contributed by atoms with Gasteiger partial charge >= 0.3 is 5.97 Å². The summed E-state index contributed by atoms with van der Waals surface area (Å²) in [6, 6.07) is 13.8. The second kappa shape index (κ2) is 12.6. The molecular weight excluding hydrogens is 462 g/mol. The van der Waals surface area contributed by atoms with Crippen molar-refractivity contribution in [3.63, 3.8) is 0 Å². The van der Waals surface area contributed by atoms with Crippen LogP contribution in [0.25, 0.3) is 11.1 Å². The molecule has 180 valence electrons. The Morgan fingerprint density at radius 3 is 2.60 bits per heavy atom. The lowest BCUT2D eigenvalue weighted by Crippen LogP contribution is -2.42. The van der Waals surface area contributed by atoms with Crippen molar-refractivity contribution in [3.8, 4) is 23.0 Å². The van der Waals surface area contributed by atoms with Gasteiger partial charge in [-0.3, -0.25) is 9.59 Å². The van der Waals surface area contributed by atoms with Crippen molar-refractivity contribution in [1.82, 2.24) is 14.9 Å². The van der Waals surface area contributed by atoms with Gasteiger partial charge in [0, 0.05) is 24.4 Å². The second-order valence-electron chi connectivity index (χ2n) is 7.84. The van der Waals surface area contributed by atoms with Crippen molar-refractivity contribution in [2.24, 2.45) is 7.05 Å². The number of benzene rings is 2. The number of nitrogens with zero attached hydrogens (tertiary/aromatic N) is 2. The molecule has 35 heavy (non-hydrogen) atoms. The molecule has 1 heterocycles. The lowest BCUT2D eigenvalue weighted by molar-refractivity contribution is -0.142. The average Bonchev–Trinajstić information content (AvgIpc) is 3.29. The second-order valence-corrected chi connectivity index (χ2v) is 8.82. The van der Waals surface area contributed by atoms with Crippen molar-refractivity contribution in [3.05, 3.63) is 77.9 Å². The van der Waals surface area contributed by atoms with Crippen molar-refractivity contribution >= 4 is 29.4 Å². The van der Waals surface area contributed by atoms with E-state index in [1.165, 1.54) is 7.11 Å². The first kappa shape index (κ1) is 25.8. The number of rotatable bonds is 9. The third-order valence-corrected chi connectivity index (χ3v) is 5.84. The Morgan fingerprint density at radius 1 is 1.17 bits per heavy atom. The molecule has 8 heteroatoms. The zero-order valence-electron chi connectivity index (χ0n) is 19.9. The molecule has 0 aliphatic carbocycles. The highest BCUT2D eigenvalue weighted by atomic mass is 32.2. The summed E-state index contributed by atoms with van der Waals surface area (Å²) in [4.78, 5) is 41.8. The summed E-state index contributed by atoms with van der Waals surface area (Å²) in [5.74, 6) is 5.15. The highest BCUT2D eigenvalue weighted by Crippen LogP contribution is 2.25. The van der Waals surface area contributed by atoms with Crippen LogP contribution in [-0.4, -0.2) is 52.4 Å². The first-order chi connectivity index (χ1) is 16.9. The van der Waals surface area contributed by atoms with Crippen LogP contribution in [0, 0.1) is 11.8 Å². The number of carbonyl (C=O) groups excluding carboxylic acids is 3. The van der Waals surface area contributed by atoms with Gasteiger partial charge < -0.3 is 14.6 Å². The van der Waals surface area contributed by atoms with Crippen molar-refractivity contribution in [2.45, 2.75) is 18.9 Å². The number of nitrogens with one attached hydrogen (secondary N) is 1. The van der Waals surface area contributed by atoms with E-state index < -0.39 is 12.0 Å². The Kier molecular flexibility index (Phi) is 9.27. The van der Waals surface area contributed by atoms with Gasteiger partial charge in [0.25, 0.3) is 5.91 Å². The number of ether oxygens (including phenoxy) is 1. The van der Waals surface area contributed by atoms with Gasteiger partial charge in [0.15, 0.2) is 0 Å². The lowest BCUT2D eigenvalue weighted by Gasteiger charge is -2.17. The van der Waals surface area contributed by atoms with Gasteiger partial charge in [-0.2, -0.15) is 11.8 Å². The Labute approximate surface area is 209 Å². The minimum absolute atomic E-state index is 0.130. The maximum absolute atomic E-state index is 13.2. The van der Waals surface area contributed by atoms with Crippen LogP contribution in [0.5, 0.6) is 0 Å². The van der Waals surface area contributed by atoms with E-state index in [-0.39, 0.29) is 18.1 Å². The highest BCUT2D eigenvalue weighted by Gasteiger charge is 2.23. The molecule has 0 aliphatic rings. The number of carbonyl (C=O) groups is 3. The van der Waals surface area contributed by atoms with Crippen LogP contribution in [0.4, 0.5) is 0 Å². The van der Waals surface area contributed by atoms with Gasteiger partial charge in [-0.25, -0.2) is 9.78 Å². The Hall–Kier alpha value is -3.83. The Balaban J connectivity index is 1.88. The van der Waals surface area contributed by atoms with Crippen LogP contribution in [-0.2, 0) is 27.8 Å². The minimum Gasteiger partial charge on any atom is -0.467 e. The van der Waals surface area contributed by atoms with Crippen LogP contribution in [0.2, 0.25) is 0 Å². The zero-order chi connectivity index (χ0) is 25.2. The average molecular weight is 490 g/mol. The van der Waals surface area contributed by atoms with E-state index in [0.717, 1.165) is 5.56 Å². The van der Waals surface area contributed by atoms with Gasteiger partial charge in [0.05, 0.1) is 25.6 Å². The number of ketones is 1. The molecule has 3 aromatic rings. The number of hydrogen-bond donors (Lipinski definition) is 1. The van der Waals surface area contributed by atoms with E-state index in [1.54, 1.807) is 47.1 Å². The predicted molar refractivity (Wildman–Crippen MR) is 137 cm³/mol. The number of methoxy groups -OCH3 is 1. The number of amides is 1. The summed E-state index contributed by atoms with van der Waals surface area (Å²) in [7, 11) is 3.14. The van der Waals surface area contributed by atoms with Crippen LogP contribution in [0.15, 0.2) is 61.1 Å².